The van der Waals surface area contributed by atoms with Gasteiger partial charge in [0.25, 0.3) is 5.69 Å². The maximum Gasteiger partial charge on any atom is 0.272 e. The SMILES string of the molecule is Cc1c(CC2(N)CCOC2C)cccc1[N+](=O)[O-]. The lowest BCUT2D eigenvalue weighted by molar-refractivity contribution is -0.385. The number of nitro groups is 1. The van der Waals surface area contributed by atoms with Gasteiger partial charge in [-0.25, -0.2) is 0 Å². The van der Waals surface area contributed by atoms with E-state index in [9.17, 15) is 10.1 Å². The van der Waals surface area contributed by atoms with E-state index >= 15 is 0 Å². The second kappa shape index (κ2) is 4.66. The second-order valence-corrected chi connectivity index (χ2v) is 4.99. The first-order valence-electron chi connectivity index (χ1n) is 6.07. The summed E-state index contributed by atoms with van der Waals surface area (Å²) in [7, 11) is 0. The number of hydrogen-bond acceptors (Lipinski definition) is 4. The fourth-order valence-corrected chi connectivity index (χ4v) is 2.44. The van der Waals surface area contributed by atoms with Crippen molar-refractivity contribution in [2.24, 2.45) is 5.73 Å². The van der Waals surface area contributed by atoms with Gasteiger partial charge in [0.15, 0.2) is 0 Å². The van der Waals surface area contributed by atoms with Crippen LogP contribution in [0.1, 0.15) is 24.5 Å². The summed E-state index contributed by atoms with van der Waals surface area (Å²) >= 11 is 0. The molecule has 1 aliphatic heterocycles. The molecule has 5 heteroatoms. The molecule has 98 valence electrons. The zero-order valence-corrected chi connectivity index (χ0v) is 10.7. The lowest BCUT2D eigenvalue weighted by atomic mass is 9.84. The van der Waals surface area contributed by atoms with Gasteiger partial charge in [0.05, 0.1) is 11.0 Å². The number of nitrogens with two attached hydrogens (primary N) is 1. The van der Waals surface area contributed by atoms with Crippen molar-refractivity contribution in [1.29, 1.82) is 0 Å². The predicted octanol–water partition coefficient (Wildman–Crippen LogP) is 1.95. The Hall–Kier alpha value is -1.46. The van der Waals surface area contributed by atoms with E-state index in [1.165, 1.54) is 6.07 Å². The van der Waals surface area contributed by atoms with Crippen LogP contribution in [0, 0.1) is 17.0 Å². The van der Waals surface area contributed by atoms with Crippen LogP contribution >= 0.6 is 0 Å². The van der Waals surface area contributed by atoms with Gasteiger partial charge in [-0.05, 0) is 32.3 Å². The highest BCUT2D eigenvalue weighted by Crippen LogP contribution is 2.30. The van der Waals surface area contributed by atoms with Gasteiger partial charge < -0.3 is 10.5 Å². The van der Waals surface area contributed by atoms with E-state index in [1.54, 1.807) is 13.0 Å². The summed E-state index contributed by atoms with van der Waals surface area (Å²) in [6.45, 7) is 4.39. The van der Waals surface area contributed by atoms with Crippen molar-refractivity contribution in [3.05, 3.63) is 39.4 Å². The van der Waals surface area contributed by atoms with E-state index in [2.05, 4.69) is 0 Å². The van der Waals surface area contributed by atoms with Crippen molar-refractivity contribution in [2.45, 2.75) is 38.3 Å². The fourth-order valence-electron chi connectivity index (χ4n) is 2.44. The number of rotatable bonds is 3. The molecule has 5 nitrogen and oxygen atoms in total. The number of nitro benzene ring substituents is 1. The van der Waals surface area contributed by atoms with Crippen LogP contribution in [0.15, 0.2) is 18.2 Å². The van der Waals surface area contributed by atoms with Crippen molar-refractivity contribution in [3.63, 3.8) is 0 Å². The maximum atomic E-state index is 10.9. The Kier molecular flexibility index (Phi) is 3.36. The number of benzene rings is 1. The van der Waals surface area contributed by atoms with Crippen LogP contribution in [0.4, 0.5) is 5.69 Å². The Balaban J connectivity index is 2.30. The smallest absolute Gasteiger partial charge is 0.272 e. The third-order valence-electron chi connectivity index (χ3n) is 3.88. The van der Waals surface area contributed by atoms with Gasteiger partial charge in [0.2, 0.25) is 0 Å². The first-order chi connectivity index (χ1) is 8.44. The van der Waals surface area contributed by atoms with E-state index in [-0.39, 0.29) is 16.7 Å². The predicted molar refractivity (Wildman–Crippen MR) is 68.5 cm³/mol. The van der Waals surface area contributed by atoms with Crippen LogP contribution in [0.2, 0.25) is 0 Å². The lowest BCUT2D eigenvalue weighted by Gasteiger charge is -2.28. The van der Waals surface area contributed by atoms with E-state index in [0.717, 1.165) is 12.0 Å². The van der Waals surface area contributed by atoms with Crippen LogP contribution in [-0.2, 0) is 11.2 Å². The van der Waals surface area contributed by atoms with Crippen molar-refractivity contribution in [2.75, 3.05) is 6.61 Å². The topological polar surface area (TPSA) is 78.4 Å². The second-order valence-electron chi connectivity index (χ2n) is 4.99. The summed E-state index contributed by atoms with van der Waals surface area (Å²) in [4.78, 5) is 10.6. The summed E-state index contributed by atoms with van der Waals surface area (Å²) in [5.41, 5.74) is 7.71. The summed E-state index contributed by atoms with van der Waals surface area (Å²) < 4.78 is 5.50. The molecule has 0 amide bonds. The van der Waals surface area contributed by atoms with Gasteiger partial charge in [0.1, 0.15) is 0 Å². The van der Waals surface area contributed by atoms with Gasteiger partial charge in [-0.2, -0.15) is 0 Å². The molecule has 2 rings (SSSR count). The van der Waals surface area contributed by atoms with Gasteiger partial charge >= 0.3 is 0 Å². The Morgan fingerprint density at radius 1 is 1.61 bits per heavy atom. The standard InChI is InChI=1S/C13H18N2O3/c1-9-11(4-3-5-12(9)15(16)17)8-13(14)6-7-18-10(13)2/h3-5,10H,6-8,14H2,1-2H3. The van der Waals surface area contributed by atoms with E-state index in [4.69, 9.17) is 10.5 Å². The maximum absolute atomic E-state index is 10.9. The number of nitrogens with zero attached hydrogens (tertiary/aromatic N) is 1. The van der Waals surface area contributed by atoms with E-state index < -0.39 is 5.54 Å². The van der Waals surface area contributed by atoms with Crippen molar-refractivity contribution < 1.29 is 9.66 Å². The highest BCUT2D eigenvalue weighted by Gasteiger charge is 2.38. The summed E-state index contributed by atoms with van der Waals surface area (Å²) in [6.07, 6.45) is 1.38. The average Bonchev–Trinajstić information content (AvgIpc) is 2.62. The lowest BCUT2D eigenvalue weighted by Crippen LogP contribution is -2.48. The molecule has 1 saturated heterocycles. The van der Waals surface area contributed by atoms with Crippen LogP contribution < -0.4 is 5.73 Å². The minimum absolute atomic E-state index is 0.0174. The Morgan fingerprint density at radius 2 is 2.33 bits per heavy atom. The Bertz CT molecular complexity index is 475. The highest BCUT2D eigenvalue weighted by atomic mass is 16.6. The van der Waals surface area contributed by atoms with E-state index in [0.29, 0.717) is 18.6 Å². The average molecular weight is 250 g/mol. The van der Waals surface area contributed by atoms with Gasteiger partial charge in [-0.3, -0.25) is 10.1 Å². The first kappa shape index (κ1) is 13.0. The molecule has 1 fully saturated rings. The van der Waals surface area contributed by atoms with Crippen molar-refractivity contribution >= 4 is 5.69 Å². The van der Waals surface area contributed by atoms with Crippen LogP contribution in [-0.4, -0.2) is 23.2 Å². The molecule has 0 aromatic heterocycles. The van der Waals surface area contributed by atoms with Crippen LogP contribution in [0.3, 0.4) is 0 Å². The summed E-state index contributed by atoms with van der Waals surface area (Å²) in [5, 5.41) is 10.9. The minimum atomic E-state index is -0.417. The monoisotopic (exact) mass is 250 g/mol. The zero-order valence-electron chi connectivity index (χ0n) is 10.7. The molecular formula is C13H18N2O3. The van der Waals surface area contributed by atoms with Crippen LogP contribution in [0.25, 0.3) is 0 Å². The molecule has 1 aromatic carbocycles. The molecule has 0 aliphatic carbocycles. The molecule has 18 heavy (non-hydrogen) atoms. The van der Waals surface area contributed by atoms with Gasteiger partial charge in [-0.15, -0.1) is 0 Å². The van der Waals surface area contributed by atoms with Crippen molar-refractivity contribution in [1.82, 2.24) is 0 Å². The van der Waals surface area contributed by atoms with Gasteiger partial charge in [0, 0.05) is 23.8 Å². The van der Waals surface area contributed by atoms with Crippen molar-refractivity contribution in [3.8, 4) is 0 Å². The molecule has 2 unspecified atom stereocenters. The molecule has 0 saturated carbocycles. The third-order valence-corrected chi connectivity index (χ3v) is 3.88. The Labute approximate surface area is 106 Å². The Morgan fingerprint density at radius 3 is 2.89 bits per heavy atom. The third kappa shape index (κ3) is 2.23. The molecular weight excluding hydrogens is 232 g/mol. The molecule has 0 spiro atoms. The molecule has 1 aromatic rings. The first-order valence-corrected chi connectivity index (χ1v) is 6.07. The fraction of sp³-hybridized carbons (Fsp3) is 0.538. The normalized spacial score (nSPS) is 27.4. The zero-order chi connectivity index (χ0) is 13.3. The number of ether oxygens (including phenoxy) is 1. The summed E-state index contributed by atoms with van der Waals surface area (Å²) in [6, 6.07) is 5.14. The van der Waals surface area contributed by atoms with Gasteiger partial charge in [-0.1, -0.05) is 12.1 Å². The van der Waals surface area contributed by atoms with Crippen LogP contribution in [0.5, 0.6) is 0 Å². The minimum Gasteiger partial charge on any atom is -0.377 e. The molecule has 0 radical (unpaired) electrons. The quantitative estimate of drug-likeness (QED) is 0.657. The molecule has 2 atom stereocenters. The molecule has 1 heterocycles. The largest absolute Gasteiger partial charge is 0.377 e. The molecule has 0 bridgehead atoms. The number of hydrogen-bond donors (Lipinski definition) is 1. The molecule has 1 aliphatic rings. The summed E-state index contributed by atoms with van der Waals surface area (Å²) in [5.74, 6) is 0. The highest BCUT2D eigenvalue weighted by molar-refractivity contribution is 5.45. The molecule has 2 N–H and O–H groups in total. The van der Waals surface area contributed by atoms with E-state index in [1.807, 2.05) is 13.0 Å².